The molecule has 19 heavy (non-hydrogen) atoms. The smallest absolute Gasteiger partial charge is 0.204 e. The van der Waals surface area contributed by atoms with Gasteiger partial charge < -0.3 is 0 Å². The Balaban J connectivity index is 2.16. The van der Waals surface area contributed by atoms with Gasteiger partial charge in [-0.15, -0.1) is 4.48 Å². The average Bonchev–Trinajstić information content (AvgIpc) is 2.61. The molecule has 0 radical (unpaired) electrons. The van der Waals surface area contributed by atoms with Gasteiger partial charge in [0.15, 0.2) is 0 Å². The summed E-state index contributed by atoms with van der Waals surface area (Å²) in [5.74, 6) is 0.0599. The van der Waals surface area contributed by atoms with Gasteiger partial charge in [0.05, 0.1) is 10.4 Å². The lowest BCUT2D eigenvalue weighted by molar-refractivity contribution is -0.0272. The van der Waals surface area contributed by atoms with E-state index in [4.69, 9.17) is 0 Å². The van der Waals surface area contributed by atoms with Crippen LogP contribution in [-0.2, 0) is 15.6 Å². The van der Waals surface area contributed by atoms with E-state index in [9.17, 15) is 12.9 Å². The first-order chi connectivity index (χ1) is 8.99. The number of sulfonamides is 1. The second-order valence-electron chi connectivity index (χ2n) is 5.70. The highest BCUT2D eigenvalue weighted by Gasteiger charge is 2.55. The molecule has 0 amide bonds. The third-order valence-corrected chi connectivity index (χ3v) is 6.40. The van der Waals surface area contributed by atoms with Gasteiger partial charge in [0.2, 0.25) is 0 Å². The molecule has 0 unspecified atom stereocenters. The Bertz CT molecular complexity index is 595. The average molecular weight is 283 g/mol. The molecule has 1 atom stereocenters. The maximum absolute atomic E-state index is 14.6. The molecule has 1 aliphatic heterocycles. The van der Waals surface area contributed by atoms with Crippen LogP contribution in [0.4, 0.5) is 4.48 Å². The van der Waals surface area contributed by atoms with Crippen molar-refractivity contribution in [3.8, 4) is 0 Å². The first kappa shape index (κ1) is 13.1. The largest absolute Gasteiger partial charge is 0.270 e. The fraction of sp³-hybridized carbons (Fsp3) is 0.571. The standard InChI is InChI=1S/C14H18FNO2S/c1-14(11-7-3-2-4-8-11)12-9-5-6-10-13(12)19(17,18)16(14)15/h5-6,9-11H,2-4,7-8H2,1H3/t14-/m0/s1. The minimum Gasteiger partial charge on any atom is -0.204 e. The molecule has 3 nitrogen and oxygen atoms in total. The molecule has 1 aromatic rings. The van der Waals surface area contributed by atoms with Crippen LogP contribution in [0.15, 0.2) is 29.2 Å². The Morgan fingerprint density at radius 1 is 1.21 bits per heavy atom. The van der Waals surface area contributed by atoms with Crippen molar-refractivity contribution in [2.24, 2.45) is 5.92 Å². The Hall–Kier alpha value is -0.940. The summed E-state index contributed by atoms with van der Waals surface area (Å²) >= 11 is 0. The van der Waals surface area contributed by atoms with Crippen LogP contribution in [0, 0.1) is 5.92 Å². The summed E-state index contributed by atoms with van der Waals surface area (Å²) in [5, 5.41) is 0. The van der Waals surface area contributed by atoms with Crippen molar-refractivity contribution in [1.82, 2.24) is 4.53 Å². The molecule has 0 N–H and O–H groups in total. The maximum atomic E-state index is 14.6. The molecule has 3 rings (SSSR count). The van der Waals surface area contributed by atoms with E-state index < -0.39 is 15.6 Å². The zero-order valence-corrected chi connectivity index (χ0v) is 11.8. The number of halogens is 1. The Morgan fingerprint density at radius 3 is 2.53 bits per heavy atom. The van der Waals surface area contributed by atoms with Crippen molar-refractivity contribution in [1.29, 1.82) is 0 Å². The monoisotopic (exact) mass is 283 g/mol. The lowest BCUT2D eigenvalue weighted by atomic mass is 9.73. The lowest BCUT2D eigenvalue weighted by Crippen LogP contribution is -2.43. The fourth-order valence-electron chi connectivity index (χ4n) is 3.57. The second kappa shape index (κ2) is 4.28. The topological polar surface area (TPSA) is 37.4 Å². The molecule has 0 aromatic heterocycles. The van der Waals surface area contributed by atoms with Crippen molar-refractivity contribution in [3.05, 3.63) is 29.8 Å². The maximum Gasteiger partial charge on any atom is 0.270 e. The van der Waals surface area contributed by atoms with Gasteiger partial charge in [0.25, 0.3) is 10.0 Å². The molecular weight excluding hydrogens is 265 g/mol. The third-order valence-electron chi connectivity index (χ3n) is 4.69. The molecular formula is C14H18FNO2S. The molecule has 0 spiro atoms. The summed E-state index contributed by atoms with van der Waals surface area (Å²) < 4.78 is 39.1. The predicted molar refractivity (Wildman–Crippen MR) is 70.5 cm³/mol. The third kappa shape index (κ3) is 1.68. The summed E-state index contributed by atoms with van der Waals surface area (Å²) in [6.45, 7) is 1.73. The zero-order chi connectivity index (χ0) is 13.7. The van der Waals surface area contributed by atoms with Crippen molar-refractivity contribution in [3.63, 3.8) is 0 Å². The van der Waals surface area contributed by atoms with Gasteiger partial charge in [-0.1, -0.05) is 37.5 Å². The number of hydrogen-bond acceptors (Lipinski definition) is 2. The number of nitrogens with zero attached hydrogens (tertiary/aromatic N) is 1. The Kier molecular flexibility index (Phi) is 2.94. The SMILES string of the molecule is C[C@]1(C2CCCCC2)c2ccccc2S(=O)(=O)N1F. The number of rotatable bonds is 1. The van der Waals surface area contributed by atoms with Gasteiger partial charge >= 0.3 is 0 Å². The minimum absolute atomic E-state index is 0.0599. The molecule has 5 heteroatoms. The van der Waals surface area contributed by atoms with E-state index in [0.29, 0.717) is 5.56 Å². The molecule has 0 bridgehead atoms. The second-order valence-corrected chi connectivity index (χ2v) is 7.41. The van der Waals surface area contributed by atoms with Crippen LogP contribution in [-0.4, -0.2) is 12.9 Å². The van der Waals surface area contributed by atoms with Crippen LogP contribution in [0.1, 0.15) is 44.6 Å². The molecule has 1 fully saturated rings. The quantitative estimate of drug-likeness (QED) is 0.741. The number of fused-ring (bicyclic) bond motifs is 1. The molecule has 1 heterocycles. The van der Waals surface area contributed by atoms with Crippen LogP contribution in [0.3, 0.4) is 0 Å². The van der Waals surface area contributed by atoms with E-state index in [-0.39, 0.29) is 15.3 Å². The molecule has 1 aliphatic carbocycles. The highest BCUT2D eigenvalue weighted by Crippen LogP contribution is 2.52. The van der Waals surface area contributed by atoms with Crippen molar-refractivity contribution >= 4 is 10.0 Å². The van der Waals surface area contributed by atoms with E-state index in [1.807, 2.05) is 0 Å². The van der Waals surface area contributed by atoms with E-state index in [1.165, 1.54) is 6.07 Å². The summed E-state index contributed by atoms with van der Waals surface area (Å²) in [6, 6.07) is 6.69. The minimum atomic E-state index is -3.97. The molecule has 104 valence electrons. The van der Waals surface area contributed by atoms with Gasteiger partial charge in [0, 0.05) is 0 Å². The summed E-state index contributed by atoms with van der Waals surface area (Å²) in [7, 11) is -3.97. The van der Waals surface area contributed by atoms with Gasteiger partial charge in [0.1, 0.15) is 0 Å². The predicted octanol–water partition coefficient (Wildman–Crippen LogP) is 3.37. The highest BCUT2D eigenvalue weighted by molar-refractivity contribution is 7.89. The highest BCUT2D eigenvalue weighted by atomic mass is 32.2. The normalized spacial score (nSPS) is 31.3. The summed E-state index contributed by atoms with van der Waals surface area (Å²) in [6.07, 6.45) is 5.04. The molecule has 1 saturated carbocycles. The van der Waals surface area contributed by atoms with E-state index in [1.54, 1.807) is 25.1 Å². The number of benzene rings is 1. The summed E-state index contributed by atoms with van der Waals surface area (Å²) in [4.78, 5) is 0.130. The number of hydrogen-bond donors (Lipinski definition) is 0. The summed E-state index contributed by atoms with van der Waals surface area (Å²) in [5.41, 5.74) is -0.417. The fourth-order valence-corrected chi connectivity index (χ4v) is 5.29. The van der Waals surface area contributed by atoms with Gasteiger partial charge in [-0.2, -0.15) is 0 Å². The first-order valence-corrected chi connectivity index (χ1v) is 8.24. The lowest BCUT2D eigenvalue weighted by Gasteiger charge is -2.38. The van der Waals surface area contributed by atoms with Crippen molar-refractivity contribution in [2.45, 2.75) is 49.5 Å². The van der Waals surface area contributed by atoms with Crippen LogP contribution >= 0.6 is 0 Å². The van der Waals surface area contributed by atoms with Crippen LogP contribution < -0.4 is 0 Å². The van der Waals surface area contributed by atoms with Gasteiger partial charge in [-0.25, -0.2) is 8.42 Å². The Labute approximate surface area is 113 Å². The van der Waals surface area contributed by atoms with Gasteiger partial charge in [-0.05, 0) is 41.8 Å². The molecule has 2 aliphatic rings. The zero-order valence-electron chi connectivity index (χ0n) is 11.0. The van der Waals surface area contributed by atoms with Crippen LogP contribution in [0.25, 0.3) is 0 Å². The van der Waals surface area contributed by atoms with Crippen LogP contribution in [0.5, 0.6) is 0 Å². The van der Waals surface area contributed by atoms with E-state index in [0.717, 1.165) is 32.1 Å². The van der Waals surface area contributed by atoms with E-state index in [2.05, 4.69) is 0 Å². The van der Waals surface area contributed by atoms with E-state index >= 15 is 0 Å². The first-order valence-electron chi connectivity index (χ1n) is 6.80. The van der Waals surface area contributed by atoms with Crippen molar-refractivity contribution < 1.29 is 12.9 Å². The van der Waals surface area contributed by atoms with Crippen LogP contribution in [0.2, 0.25) is 0 Å². The Morgan fingerprint density at radius 2 is 1.84 bits per heavy atom. The molecule has 0 saturated heterocycles. The van der Waals surface area contributed by atoms with Gasteiger partial charge in [-0.3, -0.25) is 0 Å². The van der Waals surface area contributed by atoms with Crippen molar-refractivity contribution in [2.75, 3.05) is 0 Å². The molecule has 1 aromatic carbocycles.